The third-order valence-electron chi connectivity index (χ3n) is 6.77. The fourth-order valence-electron chi connectivity index (χ4n) is 3.38. The monoisotopic (exact) mass is 514 g/mol. The summed E-state index contributed by atoms with van der Waals surface area (Å²) in [4.78, 5) is 0. The summed E-state index contributed by atoms with van der Waals surface area (Å²) in [5.41, 5.74) is 7.78. The zero-order valence-electron chi connectivity index (χ0n) is 19.7. The second kappa shape index (κ2) is 11.6. The minimum atomic E-state index is -1.83. The van der Waals surface area contributed by atoms with Gasteiger partial charge in [-0.3, -0.25) is 0 Å². The van der Waals surface area contributed by atoms with Crippen molar-refractivity contribution in [3.63, 3.8) is 0 Å². The molecule has 0 radical (unpaired) electrons. The van der Waals surface area contributed by atoms with Crippen LogP contribution in [0.4, 0.5) is 0 Å². The molecule has 0 saturated carbocycles. The van der Waals surface area contributed by atoms with Crippen molar-refractivity contribution < 1.29 is 0 Å². The van der Waals surface area contributed by atoms with E-state index >= 15 is 0 Å². The predicted octanol–water partition coefficient (Wildman–Crippen LogP) is 7.58. The summed E-state index contributed by atoms with van der Waals surface area (Å²) in [5, 5.41) is 8.22. The van der Waals surface area contributed by atoms with Crippen LogP contribution in [0.25, 0.3) is 0 Å². The van der Waals surface area contributed by atoms with E-state index in [4.69, 9.17) is 0 Å². The Balaban J connectivity index is 5.17. The van der Waals surface area contributed by atoms with E-state index < -0.39 is 42.7 Å². The Bertz CT molecular complexity index is 469. The van der Waals surface area contributed by atoms with Crippen LogP contribution in [-0.4, -0.2) is 42.7 Å². The molecule has 26 heavy (non-hydrogen) atoms. The molecule has 150 valence electrons. The molecule has 0 aromatic carbocycles. The molecule has 0 aromatic rings. The molecule has 0 rings (SSSR count). The molecule has 0 fully saturated rings. The Kier molecular flexibility index (Phi) is 11.9. The quantitative estimate of drug-likeness (QED) is 0.221. The van der Waals surface area contributed by atoms with Gasteiger partial charge in [-0.1, -0.05) is 0 Å². The molecule has 0 aliphatic rings. The molecule has 0 aliphatic heterocycles. The first-order valence-electron chi connectivity index (χ1n) is 11.1. The van der Waals surface area contributed by atoms with E-state index in [0.717, 1.165) is 0 Å². The van der Waals surface area contributed by atoms with Gasteiger partial charge in [-0.15, -0.1) is 0 Å². The van der Waals surface area contributed by atoms with Gasteiger partial charge in [0.2, 0.25) is 0 Å². The van der Waals surface area contributed by atoms with Crippen LogP contribution in [0.5, 0.6) is 0 Å². The van der Waals surface area contributed by atoms with Crippen molar-refractivity contribution in [1.29, 1.82) is 0 Å². The Morgan fingerprint density at radius 2 is 0.731 bits per heavy atom. The zero-order valence-corrected chi connectivity index (χ0v) is 25.9. The molecule has 0 atom stereocenters. The number of hydrogen-bond donors (Lipinski definition) is 0. The third kappa shape index (κ3) is 8.76. The van der Waals surface area contributed by atoms with Crippen LogP contribution in [0.3, 0.4) is 0 Å². The van der Waals surface area contributed by atoms with Crippen molar-refractivity contribution in [2.45, 2.75) is 111 Å². The van der Waals surface area contributed by atoms with Gasteiger partial charge in [0.25, 0.3) is 0 Å². The summed E-state index contributed by atoms with van der Waals surface area (Å²) in [6, 6.07) is 2.71. The van der Waals surface area contributed by atoms with Crippen LogP contribution in [0.15, 0.2) is 0 Å². The number of rotatable bonds is 9. The summed E-state index contributed by atoms with van der Waals surface area (Å²) in [5.74, 6) is 0. The topological polar surface area (TPSA) is 0 Å². The molecule has 0 unspecified atom stereocenters. The van der Waals surface area contributed by atoms with Gasteiger partial charge in [-0.2, -0.15) is 0 Å². The van der Waals surface area contributed by atoms with Crippen molar-refractivity contribution in [3.8, 4) is 20.6 Å². The molecule has 0 amide bonds. The Morgan fingerprint density at radius 1 is 0.500 bits per heavy atom. The molecule has 0 heterocycles. The van der Waals surface area contributed by atoms with Crippen LogP contribution < -0.4 is 0 Å². The average Bonchev–Trinajstić information content (AvgIpc) is 2.64. The van der Waals surface area contributed by atoms with Gasteiger partial charge >= 0.3 is 175 Å². The molecule has 4 heteroatoms. The first-order chi connectivity index (χ1) is 12.0. The SMILES string of the molecule is C[CH2][Ge]([C]#C[Si](C)(C)CC[Si](C)(C)C#[C][Ge]([CH2]C)([CH2]C)[CH2]C)([CH2]C)[CH2]C. The van der Waals surface area contributed by atoms with E-state index in [1.807, 2.05) is 0 Å². The van der Waals surface area contributed by atoms with Gasteiger partial charge in [0.1, 0.15) is 0 Å². The zero-order chi connectivity index (χ0) is 20.5. The fraction of sp³-hybridized carbons (Fsp3) is 0.818. The molecule has 0 spiro atoms. The minimum absolute atomic E-state index is 1.35. The van der Waals surface area contributed by atoms with Crippen LogP contribution in [0.1, 0.15) is 41.5 Å². The Hall–Kier alpha value is 0.639. The molecular weight excluding hydrogens is 466 g/mol. The summed E-state index contributed by atoms with van der Waals surface area (Å²) in [7, 11) is -2.81. The van der Waals surface area contributed by atoms with E-state index in [9.17, 15) is 0 Å². The van der Waals surface area contributed by atoms with E-state index in [-0.39, 0.29) is 0 Å². The van der Waals surface area contributed by atoms with Gasteiger partial charge in [0.05, 0.1) is 0 Å². The van der Waals surface area contributed by atoms with Gasteiger partial charge in [-0.05, 0) is 0 Å². The summed E-state index contributed by atoms with van der Waals surface area (Å²) in [6.07, 6.45) is 0. The van der Waals surface area contributed by atoms with Crippen molar-refractivity contribution in [3.05, 3.63) is 0 Å². The predicted molar refractivity (Wildman–Crippen MR) is 135 cm³/mol. The Morgan fingerprint density at radius 3 is 0.923 bits per heavy atom. The standard InChI is InChI=1S/C22H46Ge2Si2/c1-11-23(12-2,13-3)17-19-25(7,8)21-22-26(9,10)20-18-24(14-4,15-5)16-6/h11-16,21-22H2,1-10H3. The second-order valence-corrected chi connectivity index (χ2v) is 39.2. The molecule has 0 N–H and O–H groups in total. The first kappa shape index (κ1) is 26.6. The molecule has 0 nitrogen and oxygen atoms in total. The maximum atomic E-state index is 3.93. The summed E-state index contributed by atoms with van der Waals surface area (Å²) in [6.45, 7) is 24.3. The molecule has 0 saturated heterocycles. The normalized spacial score (nSPS) is 12.8. The van der Waals surface area contributed by atoms with Crippen LogP contribution in [0.2, 0.25) is 69.8 Å². The van der Waals surface area contributed by atoms with E-state index in [1.54, 1.807) is 0 Å². The molecule has 0 aliphatic carbocycles. The van der Waals surface area contributed by atoms with Crippen molar-refractivity contribution in [2.75, 3.05) is 0 Å². The molecular formula is C22H46Ge2Si2. The van der Waals surface area contributed by atoms with Crippen LogP contribution >= 0.6 is 0 Å². The maximum absolute atomic E-state index is 3.93. The van der Waals surface area contributed by atoms with Crippen molar-refractivity contribution in [2.24, 2.45) is 0 Å². The van der Waals surface area contributed by atoms with Crippen molar-refractivity contribution in [1.82, 2.24) is 0 Å². The van der Waals surface area contributed by atoms with Crippen LogP contribution in [0, 0.1) is 20.6 Å². The van der Waals surface area contributed by atoms with Gasteiger partial charge in [-0.25, -0.2) is 0 Å². The van der Waals surface area contributed by atoms with Gasteiger partial charge < -0.3 is 0 Å². The third-order valence-corrected chi connectivity index (χ3v) is 32.7. The average molecular weight is 512 g/mol. The van der Waals surface area contributed by atoms with Gasteiger partial charge in [0, 0.05) is 0 Å². The Labute approximate surface area is 173 Å². The van der Waals surface area contributed by atoms with E-state index in [0.29, 0.717) is 0 Å². The number of hydrogen-bond acceptors (Lipinski definition) is 0. The van der Waals surface area contributed by atoms with E-state index in [2.05, 4.69) is 88.3 Å². The van der Waals surface area contributed by atoms with Gasteiger partial charge in [0.15, 0.2) is 0 Å². The second-order valence-electron chi connectivity index (χ2n) is 9.45. The van der Waals surface area contributed by atoms with E-state index in [1.165, 1.54) is 43.6 Å². The molecule has 0 aromatic heterocycles. The summed E-state index contributed by atoms with van der Waals surface area (Å²) < 4.78 is 7.86. The fourth-order valence-corrected chi connectivity index (χ4v) is 26.0. The molecule has 0 bridgehead atoms. The first-order valence-corrected chi connectivity index (χ1v) is 28.5. The van der Waals surface area contributed by atoms with Crippen LogP contribution in [-0.2, 0) is 0 Å². The van der Waals surface area contributed by atoms with Crippen molar-refractivity contribution >= 4 is 42.7 Å². The summed E-state index contributed by atoms with van der Waals surface area (Å²) >= 11 is -3.67.